The Labute approximate surface area is 149 Å². The van der Waals surface area contributed by atoms with E-state index < -0.39 is 26.4 Å². The van der Waals surface area contributed by atoms with Gasteiger partial charge in [0.2, 0.25) is 0 Å². The van der Waals surface area contributed by atoms with Crippen molar-refractivity contribution in [2.45, 2.75) is 23.0 Å². The second-order valence-corrected chi connectivity index (χ2v) is 8.96. The van der Waals surface area contributed by atoms with Gasteiger partial charge in [0.15, 0.2) is 9.84 Å². The molecule has 2 aromatic carbocycles. The Hall–Kier alpha value is -1.97. The van der Waals surface area contributed by atoms with E-state index in [1.807, 2.05) is 13.0 Å². The number of carbonyl (C=O) groups excluding carboxylic acids is 1. The second kappa shape index (κ2) is 5.83. The number of aryl methyl sites for hydroxylation is 1. The number of benzene rings is 2. The van der Waals surface area contributed by atoms with Crippen molar-refractivity contribution >= 4 is 32.1 Å². The van der Waals surface area contributed by atoms with E-state index in [2.05, 4.69) is 15.9 Å². The summed E-state index contributed by atoms with van der Waals surface area (Å²) in [5.74, 6) is -0.653. The lowest BCUT2D eigenvalue weighted by atomic mass is 10.0. The van der Waals surface area contributed by atoms with E-state index in [0.29, 0.717) is 11.8 Å². The Morgan fingerprint density at radius 1 is 1.12 bits per heavy atom. The van der Waals surface area contributed by atoms with E-state index in [1.54, 1.807) is 36.4 Å². The Kier molecular flexibility index (Phi) is 4.10. The summed E-state index contributed by atoms with van der Waals surface area (Å²) in [6.07, 6.45) is 0.482. The van der Waals surface area contributed by atoms with Gasteiger partial charge in [-0.3, -0.25) is 0 Å². The van der Waals surface area contributed by atoms with Crippen molar-refractivity contribution in [2.75, 3.05) is 0 Å². The maximum absolute atomic E-state index is 13.0. The lowest BCUT2D eigenvalue weighted by molar-refractivity contribution is -0.110. The van der Waals surface area contributed by atoms with E-state index in [1.165, 1.54) is 12.1 Å². The molecule has 0 radical (unpaired) electrons. The molecule has 0 aromatic heterocycles. The van der Waals surface area contributed by atoms with Gasteiger partial charge >= 0.3 is 0 Å². The highest BCUT2D eigenvalue weighted by atomic mass is 79.9. The summed E-state index contributed by atoms with van der Waals surface area (Å²) in [6.45, 7) is 1.86. The largest absolute Gasteiger partial charge is 0.302 e. The SMILES string of the molecule is Cc1ccc(S(=O)(=O)[C@@H]2[C@H](c3ccc(Br)cc3)[C@]2(C#N)C=O)cc1. The van der Waals surface area contributed by atoms with E-state index in [-0.39, 0.29) is 4.90 Å². The zero-order valence-corrected chi connectivity index (χ0v) is 15.2. The molecule has 3 rings (SSSR count). The molecule has 0 heterocycles. The van der Waals surface area contributed by atoms with E-state index in [0.717, 1.165) is 10.0 Å². The zero-order chi connectivity index (χ0) is 17.5. The molecule has 1 aliphatic carbocycles. The van der Waals surface area contributed by atoms with Gasteiger partial charge in [-0.15, -0.1) is 0 Å². The minimum absolute atomic E-state index is 0.138. The molecule has 0 aliphatic heterocycles. The molecule has 4 nitrogen and oxygen atoms in total. The van der Waals surface area contributed by atoms with E-state index in [4.69, 9.17) is 0 Å². The van der Waals surface area contributed by atoms with Crippen LogP contribution in [0.2, 0.25) is 0 Å². The third-order valence-electron chi connectivity index (χ3n) is 4.48. The molecule has 0 unspecified atom stereocenters. The van der Waals surface area contributed by atoms with Gasteiger partial charge in [-0.1, -0.05) is 45.8 Å². The summed E-state index contributed by atoms with van der Waals surface area (Å²) in [7, 11) is -3.79. The van der Waals surface area contributed by atoms with Gasteiger partial charge in [-0.25, -0.2) is 8.42 Å². The molecule has 1 saturated carbocycles. The molecule has 0 saturated heterocycles. The standard InChI is InChI=1S/C18H14BrNO3S/c1-12-2-8-15(9-3-12)24(22,23)17-16(18(17,10-20)11-21)13-4-6-14(19)7-5-13/h2-9,11,16-17H,1H3/t16-,17+,18-/m0/s1. The number of nitriles is 1. The van der Waals surface area contributed by atoms with E-state index in [9.17, 15) is 18.5 Å². The molecule has 0 amide bonds. The highest BCUT2D eigenvalue weighted by Gasteiger charge is 2.72. The number of hydrogen-bond donors (Lipinski definition) is 0. The molecular formula is C18H14BrNO3S. The molecule has 24 heavy (non-hydrogen) atoms. The Morgan fingerprint density at radius 2 is 1.71 bits per heavy atom. The van der Waals surface area contributed by atoms with Crippen LogP contribution in [0.25, 0.3) is 0 Å². The van der Waals surface area contributed by atoms with Crippen LogP contribution >= 0.6 is 15.9 Å². The summed E-state index contributed by atoms with van der Waals surface area (Å²) < 4.78 is 26.8. The van der Waals surface area contributed by atoms with Gasteiger partial charge < -0.3 is 4.79 Å². The van der Waals surface area contributed by atoms with Crippen molar-refractivity contribution in [1.82, 2.24) is 0 Å². The highest BCUT2D eigenvalue weighted by molar-refractivity contribution is 9.10. The number of nitrogens with zero attached hydrogens (tertiary/aromatic N) is 1. The first-order chi connectivity index (χ1) is 11.4. The lowest BCUT2D eigenvalue weighted by Gasteiger charge is -2.05. The van der Waals surface area contributed by atoms with Crippen molar-refractivity contribution in [2.24, 2.45) is 5.41 Å². The molecule has 0 spiro atoms. The van der Waals surface area contributed by atoms with Crippen molar-refractivity contribution in [3.8, 4) is 6.07 Å². The fourth-order valence-electron chi connectivity index (χ4n) is 3.11. The minimum Gasteiger partial charge on any atom is -0.302 e. The van der Waals surface area contributed by atoms with Gasteiger partial charge in [0.1, 0.15) is 17.0 Å². The molecule has 0 bridgehead atoms. The second-order valence-electron chi connectivity index (χ2n) is 5.97. The van der Waals surface area contributed by atoms with Gasteiger partial charge in [-0.05, 0) is 36.8 Å². The number of aldehydes is 1. The Balaban J connectivity index is 2.08. The van der Waals surface area contributed by atoms with Gasteiger partial charge in [0.25, 0.3) is 0 Å². The van der Waals surface area contributed by atoms with Crippen LogP contribution < -0.4 is 0 Å². The predicted octanol–water partition coefficient (Wildman–Crippen LogP) is 3.41. The molecule has 1 fully saturated rings. The van der Waals surface area contributed by atoms with Crippen LogP contribution in [-0.2, 0) is 14.6 Å². The summed E-state index contributed by atoms with van der Waals surface area (Å²) in [4.78, 5) is 11.8. The number of rotatable bonds is 4. The maximum atomic E-state index is 13.0. The smallest absolute Gasteiger partial charge is 0.183 e. The average Bonchev–Trinajstić information content (AvgIpc) is 3.26. The topological polar surface area (TPSA) is 75.0 Å². The third-order valence-corrected chi connectivity index (χ3v) is 7.27. The van der Waals surface area contributed by atoms with Crippen molar-refractivity contribution < 1.29 is 13.2 Å². The number of halogens is 1. The van der Waals surface area contributed by atoms with Crippen LogP contribution in [0.15, 0.2) is 57.9 Å². The molecule has 122 valence electrons. The van der Waals surface area contributed by atoms with Crippen LogP contribution in [0.4, 0.5) is 0 Å². The molecule has 6 heteroatoms. The van der Waals surface area contributed by atoms with Crippen molar-refractivity contribution in [1.29, 1.82) is 5.26 Å². The first-order valence-corrected chi connectivity index (χ1v) is 9.64. The monoisotopic (exact) mass is 403 g/mol. The van der Waals surface area contributed by atoms with Crippen LogP contribution in [-0.4, -0.2) is 20.0 Å². The Bertz CT molecular complexity index is 930. The lowest BCUT2D eigenvalue weighted by Crippen LogP contribution is -2.16. The molecule has 2 aromatic rings. The summed E-state index contributed by atoms with van der Waals surface area (Å²) in [5, 5.41) is 8.45. The first kappa shape index (κ1) is 16.9. The quantitative estimate of drug-likeness (QED) is 0.732. The highest BCUT2D eigenvalue weighted by Crippen LogP contribution is 2.62. The molecule has 3 atom stereocenters. The third kappa shape index (κ3) is 2.48. The van der Waals surface area contributed by atoms with Gasteiger partial charge in [0, 0.05) is 10.4 Å². The molecule has 0 N–H and O–H groups in total. The summed E-state index contributed by atoms with van der Waals surface area (Å²) in [6, 6.07) is 15.4. The van der Waals surface area contributed by atoms with Crippen LogP contribution in [0.1, 0.15) is 17.0 Å². The van der Waals surface area contributed by atoms with Crippen LogP contribution in [0.5, 0.6) is 0 Å². The predicted molar refractivity (Wildman–Crippen MR) is 93.1 cm³/mol. The summed E-state index contributed by atoms with van der Waals surface area (Å²) in [5.41, 5.74) is 0.0843. The van der Waals surface area contributed by atoms with Crippen LogP contribution in [0, 0.1) is 23.7 Å². The average molecular weight is 404 g/mol. The zero-order valence-electron chi connectivity index (χ0n) is 12.8. The minimum atomic E-state index is -3.79. The molecule has 1 aliphatic rings. The molecular weight excluding hydrogens is 390 g/mol. The summed E-state index contributed by atoms with van der Waals surface area (Å²) >= 11 is 3.32. The van der Waals surface area contributed by atoms with Gasteiger partial charge in [-0.2, -0.15) is 5.26 Å². The number of hydrogen-bond acceptors (Lipinski definition) is 4. The number of carbonyl (C=O) groups is 1. The normalized spacial score (nSPS) is 25.7. The van der Waals surface area contributed by atoms with Gasteiger partial charge in [0.05, 0.1) is 11.0 Å². The number of sulfone groups is 1. The van der Waals surface area contributed by atoms with E-state index >= 15 is 0 Å². The van der Waals surface area contributed by atoms with Crippen LogP contribution in [0.3, 0.4) is 0 Å². The van der Waals surface area contributed by atoms with Crippen molar-refractivity contribution in [3.63, 3.8) is 0 Å². The Morgan fingerprint density at radius 3 is 2.21 bits per heavy atom. The first-order valence-electron chi connectivity index (χ1n) is 7.30. The maximum Gasteiger partial charge on any atom is 0.183 e. The fraction of sp³-hybridized carbons (Fsp3) is 0.222. The fourth-order valence-corrected chi connectivity index (χ4v) is 5.61. The van der Waals surface area contributed by atoms with Crippen molar-refractivity contribution in [3.05, 3.63) is 64.1 Å².